The number of nitrogens with zero attached hydrogens (tertiary/aromatic N) is 1. The molecule has 0 bridgehead atoms. The number of likely N-dealkylation sites (tertiary alicyclic amines) is 1. The third kappa shape index (κ3) is 2.81. The lowest BCUT2D eigenvalue weighted by molar-refractivity contribution is 0.0752. The number of aromatic nitrogens is 1. The van der Waals surface area contributed by atoms with Crippen molar-refractivity contribution in [3.05, 3.63) is 94.1 Å². The molecule has 29 heavy (non-hydrogen) atoms. The molecule has 1 aromatic heterocycles. The number of aromatic amines is 1. The van der Waals surface area contributed by atoms with E-state index in [9.17, 15) is 9.59 Å². The third-order valence-electron chi connectivity index (χ3n) is 5.77. The molecule has 0 radical (unpaired) electrons. The monoisotopic (exact) mass is 386 g/mol. The maximum absolute atomic E-state index is 15.5. The highest BCUT2D eigenvalue weighted by atomic mass is 19.1. The zero-order valence-corrected chi connectivity index (χ0v) is 15.7. The molecule has 4 nitrogen and oxygen atoms in total. The molecule has 0 saturated carbocycles. The van der Waals surface area contributed by atoms with Crippen LogP contribution >= 0.6 is 0 Å². The second-order valence-corrected chi connectivity index (χ2v) is 7.54. The minimum atomic E-state index is -1.55. The van der Waals surface area contributed by atoms with Crippen molar-refractivity contribution in [2.24, 2.45) is 0 Å². The van der Waals surface area contributed by atoms with Gasteiger partial charge in [-0.2, -0.15) is 0 Å². The van der Waals surface area contributed by atoms with Crippen LogP contribution in [0, 0.1) is 0 Å². The second kappa shape index (κ2) is 6.55. The molecule has 0 aliphatic carbocycles. The number of H-pyrrole nitrogens is 1. The highest BCUT2D eigenvalue weighted by Crippen LogP contribution is 2.36. The number of fused-ring (bicyclic) bond motifs is 2. The lowest BCUT2D eigenvalue weighted by atomic mass is 9.95. The molecule has 1 N–H and O–H groups in total. The first-order valence-electron chi connectivity index (χ1n) is 9.64. The third-order valence-corrected chi connectivity index (χ3v) is 5.77. The van der Waals surface area contributed by atoms with Gasteiger partial charge in [-0.25, -0.2) is 4.39 Å². The predicted octanol–water partition coefficient (Wildman–Crippen LogP) is 4.39. The molecular weight excluding hydrogens is 367 g/mol. The van der Waals surface area contributed by atoms with Crippen LogP contribution in [0.5, 0.6) is 0 Å². The summed E-state index contributed by atoms with van der Waals surface area (Å²) in [5, 5.41) is 1.04. The van der Waals surface area contributed by atoms with E-state index in [1.807, 2.05) is 36.4 Å². The number of carbonyl (C=O) groups excluding carboxylic acids is 1. The Morgan fingerprint density at radius 1 is 0.931 bits per heavy atom. The summed E-state index contributed by atoms with van der Waals surface area (Å²) in [5.74, 6) is -0.267. The van der Waals surface area contributed by atoms with E-state index < -0.39 is 5.67 Å². The Kier molecular flexibility index (Phi) is 3.98. The van der Waals surface area contributed by atoms with Crippen molar-refractivity contribution in [1.82, 2.24) is 9.88 Å². The van der Waals surface area contributed by atoms with Gasteiger partial charge < -0.3 is 9.88 Å². The number of nitrogens with one attached hydrogen (secondary N) is 1. The van der Waals surface area contributed by atoms with E-state index in [2.05, 4.69) is 4.98 Å². The summed E-state index contributed by atoms with van der Waals surface area (Å²) >= 11 is 0. The lowest BCUT2D eigenvalue weighted by Gasteiger charge is -2.22. The van der Waals surface area contributed by atoms with Crippen LogP contribution in [0.2, 0.25) is 0 Å². The average Bonchev–Trinajstić information content (AvgIpc) is 3.17. The van der Waals surface area contributed by atoms with Gasteiger partial charge in [0.15, 0.2) is 11.1 Å². The number of alkyl halides is 1. The Bertz CT molecular complexity index is 1300. The molecule has 1 unspecified atom stereocenters. The van der Waals surface area contributed by atoms with Crippen LogP contribution in [-0.2, 0) is 5.67 Å². The number of hydrogen-bond donors (Lipinski definition) is 1. The van der Waals surface area contributed by atoms with Crippen LogP contribution < -0.4 is 5.43 Å². The molecule has 1 aliphatic rings. The number of pyridine rings is 1. The SMILES string of the molecule is O=C(c1cccc2c(=O)c3ccccc3[nH]c12)N1CCC(F)(c2ccccc2)C1. The van der Waals surface area contributed by atoms with Crippen molar-refractivity contribution in [1.29, 1.82) is 0 Å². The van der Waals surface area contributed by atoms with Gasteiger partial charge in [-0.15, -0.1) is 0 Å². The minimum Gasteiger partial charge on any atom is -0.354 e. The summed E-state index contributed by atoms with van der Waals surface area (Å²) in [7, 11) is 0. The van der Waals surface area contributed by atoms with E-state index in [4.69, 9.17) is 0 Å². The van der Waals surface area contributed by atoms with E-state index in [0.29, 0.717) is 39.5 Å². The molecule has 144 valence electrons. The van der Waals surface area contributed by atoms with Gasteiger partial charge in [0.2, 0.25) is 0 Å². The van der Waals surface area contributed by atoms with Crippen LogP contribution in [0.3, 0.4) is 0 Å². The standard InChI is InChI=1S/C24H19FN2O2/c25-24(16-7-2-1-3-8-16)13-14-27(15-24)23(29)19-11-6-10-18-21(19)26-20-12-5-4-9-17(20)22(18)28/h1-12H,13-15H2,(H,26,28). The van der Waals surface area contributed by atoms with Gasteiger partial charge in [-0.3, -0.25) is 9.59 Å². The van der Waals surface area contributed by atoms with Crippen LogP contribution in [0.4, 0.5) is 4.39 Å². The van der Waals surface area contributed by atoms with Gasteiger partial charge >= 0.3 is 0 Å². The summed E-state index contributed by atoms with van der Waals surface area (Å²) in [6.45, 7) is 0.336. The van der Waals surface area contributed by atoms with E-state index >= 15 is 4.39 Å². The predicted molar refractivity (Wildman–Crippen MR) is 112 cm³/mol. The first kappa shape index (κ1) is 17.6. The van der Waals surface area contributed by atoms with Crippen molar-refractivity contribution >= 4 is 27.7 Å². The van der Waals surface area contributed by atoms with Crippen molar-refractivity contribution in [3.8, 4) is 0 Å². The quantitative estimate of drug-likeness (QED) is 0.520. The Balaban J connectivity index is 1.56. The van der Waals surface area contributed by atoms with E-state index in [-0.39, 0.29) is 24.3 Å². The summed E-state index contributed by atoms with van der Waals surface area (Å²) in [6.07, 6.45) is 0.257. The molecule has 1 fully saturated rings. The zero-order chi connectivity index (χ0) is 20.0. The topological polar surface area (TPSA) is 53.2 Å². The number of carbonyl (C=O) groups is 1. The Hall–Kier alpha value is -3.47. The normalized spacial score (nSPS) is 19.1. The number of halogens is 1. The Morgan fingerprint density at radius 2 is 1.66 bits per heavy atom. The van der Waals surface area contributed by atoms with Crippen molar-refractivity contribution in [3.63, 3.8) is 0 Å². The largest absolute Gasteiger partial charge is 0.354 e. The number of benzene rings is 3. The van der Waals surface area contributed by atoms with Gasteiger partial charge in [0.25, 0.3) is 5.91 Å². The minimum absolute atomic E-state index is 0.00402. The lowest BCUT2D eigenvalue weighted by Crippen LogP contribution is -2.32. The summed E-state index contributed by atoms with van der Waals surface area (Å²) in [6, 6.07) is 21.3. The van der Waals surface area contributed by atoms with Crippen LogP contribution in [0.25, 0.3) is 21.8 Å². The molecule has 5 rings (SSSR count). The average molecular weight is 386 g/mol. The molecular formula is C24H19FN2O2. The fraction of sp³-hybridized carbons (Fsp3) is 0.167. The van der Waals surface area contributed by atoms with Crippen LogP contribution in [0.1, 0.15) is 22.3 Å². The van der Waals surface area contributed by atoms with Gasteiger partial charge in [0.1, 0.15) is 0 Å². The van der Waals surface area contributed by atoms with Gasteiger partial charge in [-0.1, -0.05) is 48.5 Å². The zero-order valence-electron chi connectivity index (χ0n) is 15.7. The summed E-state index contributed by atoms with van der Waals surface area (Å²) in [4.78, 5) is 30.9. The van der Waals surface area contributed by atoms with E-state index in [0.717, 1.165) is 0 Å². The molecule has 1 atom stereocenters. The van der Waals surface area contributed by atoms with Gasteiger partial charge in [0.05, 0.1) is 17.6 Å². The number of amides is 1. The number of rotatable bonds is 2. The first-order valence-corrected chi connectivity index (χ1v) is 9.64. The summed E-state index contributed by atoms with van der Waals surface area (Å²) in [5.41, 5.74) is 0.486. The fourth-order valence-electron chi connectivity index (χ4n) is 4.21. The molecule has 1 aliphatic heterocycles. The molecule has 5 heteroatoms. The Morgan fingerprint density at radius 3 is 2.48 bits per heavy atom. The molecule has 4 aromatic rings. The first-order chi connectivity index (χ1) is 14.1. The van der Waals surface area contributed by atoms with Gasteiger partial charge in [-0.05, 0) is 29.8 Å². The smallest absolute Gasteiger partial charge is 0.256 e. The Labute approximate surface area is 166 Å². The molecule has 3 aromatic carbocycles. The second-order valence-electron chi connectivity index (χ2n) is 7.54. The highest BCUT2D eigenvalue weighted by Gasteiger charge is 2.42. The molecule has 2 heterocycles. The van der Waals surface area contributed by atoms with Crippen molar-refractivity contribution in [2.45, 2.75) is 12.1 Å². The van der Waals surface area contributed by atoms with Gasteiger partial charge in [0, 0.05) is 29.3 Å². The maximum atomic E-state index is 15.5. The molecule has 1 saturated heterocycles. The molecule has 1 amide bonds. The van der Waals surface area contributed by atoms with Crippen LogP contribution in [0.15, 0.2) is 77.6 Å². The molecule has 0 spiro atoms. The fourth-order valence-corrected chi connectivity index (χ4v) is 4.21. The van der Waals surface area contributed by atoms with E-state index in [1.165, 1.54) is 4.90 Å². The van der Waals surface area contributed by atoms with E-state index in [1.54, 1.807) is 36.4 Å². The number of para-hydroxylation sites is 2. The summed E-state index contributed by atoms with van der Waals surface area (Å²) < 4.78 is 15.5. The maximum Gasteiger partial charge on any atom is 0.256 e. The van der Waals surface area contributed by atoms with Crippen molar-refractivity contribution in [2.75, 3.05) is 13.1 Å². The number of hydrogen-bond acceptors (Lipinski definition) is 2. The van der Waals surface area contributed by atoms with Crippen LogP contribution in [-0.4, -0.2) is 28.9 Å². The highest BCUT2D eigenvalue weighted by molar-refractivity contribution is 6.07. The van der Waals surface area contributed by atoms with Crippen molar-refractivity contribution < 1.29 is 9.18 Å².